The number of hydrogen-bond donors (Lipinski definition) is 1. The lowest BCUT2D eigenvalue weighted by Gasteiger charge is -2.10. The van der Waals surface area contributed by atoms with Crippen LogP contribution in [0.2, 0.25) is 0 Å². The minimum absolute atomic E-state index is 0.0473. The summed E-state index contributed by atoms with van der Waals surface area (Å²) in [4.78, 5) is 44.4. The highest BCUT2D eigenvalue weighted by molar-refractivity contribution is 6.28. The third kappa shape index (κ3) is 3.81. The van der Waals surface area contributed by atoms with Gasteiger partial charge in [-0.1, -0.05) is 5.16 Å². The van der Waals surface area contributed by atoms with Crippen LogP contribution in [-0.2, 0) is 9.47 Å². The van der Waals surface area contributed by atoms with E-state index in [-0.39, 0.29) is 35.5 Å². The van der Waals surface area contributed by atoms with E-state index in [0.717, 1.165) is 18.2 Å². The van der Waals surface area contributed by atoms with Gasteiger partial charge in [-0.05, 0) is 6.92 Å². The van der Waals surface area contributed by atoms with E-state index in [1.807, 2.05) is 0 Å². The Bertz CT molecular complexity index is 1190. The zero-order valence-corrected chi connectivity index (χ0v) is 16.3. The molecule has 1 aliphatic rings. The van der Waals surface area contributed by atoms with Crippen molar-refractivity contribution >= 4 is 28.7 Å². The first kappa shape index (κ1) is 22.2. The monoisotopic (exact) mass is 446 g/mol. The molecule has 0 saturated carbocycles. The summed E-state index contributed by atoms with van der Waals surface area (Å²) in [6.07, 6.45) is 0. The molecule has 0 saturated heterocycles. The number of nitro benzene ring substituents is 3. The van der Waals surface area contributed by atoms with Crippen LogP contribution in [0.1, 0.15) is 28.4 Å². The Morgan fingerprint density at radius 2 is 1.53 bits per heavy atom. The number of esters is 1. The number of hydrogen-bond acceptors (Lipinski definition) is 11. The molecule has 3 rings (SSSR count). The summed E-state index contributed by atoms with van der Waals surface area (Å²) in [5.41, 5.74) is -3.62. The van der Waals surface area contributed by atoms with Gasteiger partial charge in [0.15, 0.2) is 0 Å². The average molecular weight is 446 g/mol. The van der Waals surface area contributed by atoms with Crippen LogP contribution in [-0.4, -0.2) is 51.5 Å². The molecule has 1 N–H and O–H groups in total. The maximum atomic E-state index is 12.7. The van der Waals surface area contributed by atoms with Crippen molar-refractivity contribution in [2.24, 2.45) is 5.16 Å². The van der Waals surface area contributed by atoms with Gasteiger partial charge in [0.2, 0.25) is 0 Å². The molecule has 0 heterocycles. The van der Waals surface area contributed by atoms with Crippen LogP contribution in [0.3, 0.4) is 0 Å². The lowest BCUT2D eigenvalue weighted by Crippen LogP contribution is -2.13. The number of nitro groups is 3. The summed E-state index contributed by atoms with van der Waals surface area (Å²) in [5.74, 6) is -1.04. The Labute approximate surface area is 178 Å². The molecule has 14 heteroatoms. The average Bonchev–Trinajstić information content (AvgIpc) is 3.08. The van der Waals surface area contributed by atoms with E-state index in [0.29, 0.717) is 12.7 Å². The fourth-order valence-corrected chi connectivity index (χ4v) is 3.33. The van der Waals surface area contributed by atoms with Crippen LogP contribution < -0.4 is 0 Å². The van der Waals surface area contributed by atoms with E-state index in [1.165, 1.54) is 0 Å². The zero-order chi connectivity index (χ0) is 23.6. The van der Waals surface area contributed by atoms with Gasteiger partial charge in [-0.3, -0.25) is 30.3 Å². The van der Waals surface area contributed by atoms with Gasteiger partial charge in [0.05, 0.1) is 38.6 Å². The van der Waals surface area contributed by atoms with Gasteiger partial charge in [0, 0.05) is 41.5 Å². The van der Waals surface area contributed by atoms with E-state index < -0.39 is 49.1 Å². The normalized spacial score (nSPS) is 12.8. The second kappa shape index (κ2) is 8.73. The molecular formula is C18H14N4O10. The first-order valence-corrected chi connectivity index (χ1v) is 8.98. The second-order valence-corrected chi connectivity index (χ2v) is 6.36. The number of rotatable bonds is 8. The van der Waals surface area contributed by atoms with Crippen LogP contribution in [0.15, 0.2) is 29.4 Å². The molecular weight excluding hydrogens is 432 g/mol. The topological polar surface area (TPSA) is 198 Å². The van der Waals surface area contributed by atoms with Gasteiger partial charge < -0.3 is 14.7 Å². The fourth-order valence-electron chi connectivity index (χ4n) is 3.33. The number of nitrogens with zero attached hydrogens (tertiary/aromatic N) is 4. The van der Waals surface area contributed by atoms with Crippen LogP contribution in [0.25, 0.3) is 11.1 Å². The van der Waals surface area contributed by atoms with E-state index in [1.54, 1.807) is 6.92 Å². The number of carbonyl (C=O) groups is 1. The molecule has 0 spiro atoms. The molecule has 1 aliphatic carbocycles. The molecule has 0 bridgehead atoms. The number of oxime groups is 1. The summed E-state index contributed by atoms with van der Waals surface area (Å²) in [7, 11) is 0. The predicted molar refractivity (Wildman–Crippen MR) is 106 cm³/mol. The molecule has 0 amide bonds. The standard InChI is InChI=1S/C18H14N4O10/c1-2-31-3-4-32-18(23)13-7-9(20(25)26)5-11-15(13)16-12(17(11)19-24)6-10(21(27)28)8-14(16)22(29)30/h5-8,24H,2-4H2,1H3/b19-17+. The Hall–Kier alpha value is -4.46. The fraction of sp³-hybridized carbons (Fsp3) is 0.222. The first-order chi connectivity index (χ1) is 15.2. The second-order valence-electron chi connectivity index (χ2n) is 6.36. The summed E-state index contributed by atoms with van der Waals surface area (Å²) in [5, 5.41) is 46.9. The molecule has 2 aromatic carbocycles. The van der Waals surface area contributed by atoms with Crippen molar-refractivity contribution in [2.45, 2.75) is 6.92 Å². The molecule has 0 atom stereocenters. The Balaban J connectivity index is 2.31. The van der Waals surface area contributed by atoms with Crippen molar-refractivity contribution in [2.75, 3.05) is 19.8 Å². The number of carbonyl (C=O) groups excluding carboxylic acids is 1. The summed E-state index contributed by atoms with van der Waals surface area (Å²) < 4.78 is 10.1. The van der Waals surface area contributed by atoms with Gasteiger partial charge in [0.25, 0.3) is 17.1 Å². The largest absolute Gasteiger partial charge is 0.460 e. The lowest BCUT2D eigenvalue weighted by molar-refractivity contribution is -0.393. The van der Waals surface area contributed by atoms with Crippen molar-refractivity contribution < 1.29 is 34.2 Å². The number of ether oxygens (including phenoxy) is 2. The Morgan fingerprint density at radius 1 is 0.938 bits per heavy atom. The molecule has 0 fully saturated rings. The first-order valence-electron chi connectivity index (χ1n) is 8.98. The zero-order valence-electron chi connectivity index (χ0n) is 16.3. The summed E-state index contributed by atoms with van der Waals surface area (Å²) in [6, 6.07) is 3.44. The Morgan fingerprint density at radius 3 is 2.06 bits per heavy atom. The smallest absolute Gasteiger partial charge is 0.339 e. The van der Waals surface area contributed by atoms with Crippen LogP contribution in [0.5, 0.6) is 0 Å². The van der Waals surface area contributed by atoms with E-state index in [4.69, 9.17) is 9.47 Å². The van der Waals surface area contributed by atoms with E-state index in [9.17, 15) is 40.3 Å². The third-order valence-electron chi connectivity index (χ3n) is 4.59. The molecule has 0 aliphatic heterocycles. The van der Waals surface area contributed by atoms with Gasteiger partial charge in [-0.15, -0.1) is 0 Å². The molecule has 2 aromatic rings. The number of fused-ring (bicyclic) bond motifs is 3. The lowest BCUT2D eigenvalue weighted by atomic mass is 9.97. The Kier molecular flexibility index (Phi) is 6.06. The number of benzene rings is 2. The maximum absolute atomic E-state index is 12.7. The van der Waals surface area contributed by atoms with Gasteiger partial charge in [-0.25, -0.2) is 4.79 Å². The van der Waals surface area contributed by atoms with Crippen LogP contribution >= 0.6 is 0 Å². The molecule has 32 heavy (non-hydrogen) atoms. The summed E-state index contributed by atoms with van der Waals surface area (Å²) >= 11 is 0. The SMILES string of the molecule is CCOCCOC(=O)c1cc([N+](=O)[O-])cc2c1-c1c(cc([N+](=O)[O-])cc1[N+](=O)[O-])/C2=N/O. The molecule has 0 aromatic heterocycles. The molecule has 0 unspecified atom stereocenters. The van der Waals surface area contributed by atoms with Crippen molar-refractivity contribution in [3.8, 4) is 11.1 Å². The van der Waals surface area contributed by atoms with Crippen molar-refractivity contribution in [3.05, 3.63) is 71.3 Å². The molecule has 0 radical (unpaired) electrons. The molecule has 14 nitrogen and oxygen atoms in total. The predicted octanol–water partition coefficient (Wildman–Crippen LogP) is 2.81. The third-order valence-corrected chi connectivity index (χ3v) is 4.59. The van der Waals surface area contributed by atoms with Crippen LogP contribution in [0.4, 0.5) is 17.1 Å². The number of non-ortho nitro benzene ring substituents is 2. The minimum Gasteiger partial charge on any atom is -0.460 e. The highest BCUT2D eigenvalue weighted by Crippen LogP contribution is 2.47. The minimum atomic E-state index is -1.04. The van der Waals surface area contributed by atoms with Gasteiger partial charge in [-0.2, -0.15) is 0 Å². The van der Waals surface area contributed by atoms with Crippen molar-refractivity contribution in [1.29, 1.82) is 0 Å². The van der Waals surface area contributed by atoms with Crippen molar-refractivity contribution in [3.63, 3.8) is 0 Å². The maximum Gasteiger partial charge on any atom is 0.339 e. The van der Waals surface area contributed by atoms with E-state index >= 15 is 0 Å². The van der Waals surface area contributed by atoms with Gasteiger partial charge in [0.1, 0.15) is 12.3 Å². The highest BCUT2D eigenvalue weighted by Gasteiger charge is 2.39. The summed E-state index contributed by atoms with van der Waals surface area (Å²) in [6.45, 7) is 1.94. The van der Waals surface area contributed by atoms with E-state index in [2.05, 4.69) is 5.16 Å². The van der Waals surface area contributed by atoms with Crippen LogP contribution in [0, 0.1) is 30.3 Å². The van der Waals surface area contributed by atoms with Gasteiger partial charge >= 0.3 is 5.97 Å². The van der Waals surface area contributed by atoms with Crippen molar-refractivity contribution in [1.82, 2.24) is 0 Å². The highest BCUT2D eigenvalue weighted by atomic mass is 16.6. The molecule has 166 valence electrons. The quantitative estimate of drug-likeness (QED) is 0.176.